The van der Waals surface area contributed by atoms with Crippen molar-refractivity contribution in [1.29, 1.82) is 0 Å². The Hall–Kier alpha value is -3.56. The number of imide groups is 2. The van der Waals surface area contributed by atoms with Crippen LogP contribution in [-0.2, 0) is 28.8 Å². The Morgan fingerprint density at radius 3 is 1.55 bits per heavy atom. The van der Waals surface area contributed by atoms with E-state index in [1.54, 1.807) is 29.2 Å². The normalized spacial score (nSPS) is 36.4. The molecule has 264 valence electrons. The summed E-state index contributed by atoms with van der Waals surface area (Å²) in [7, 11) is 1.49. The molecule has 7 rings (SSSR count). The van der Waals surface area contributed by atoms with Crippen LogP contribution in [0.5, 0.6) is 11.5 Å². The van der Waals surface area contributed by atoms with E-state index < -0.39 is 35.6 Å². The van der Waals surface area contributed by atoms with Gasteiger partial charge in [-0.1, -0.05) is 32.6 Å². The zero-order chi connectivity index (χ0) is 34.4. The maximum absolute atomic E-state index is 13.6. The molecule has 10 nitrogen and oxygen atoms in total. The third-order valence-corrected chi connectivity index (χ3v) is 13.0. The summed E-state index contributed by atoms with van der Waals surface area (Å²) in [6.07, 6.45) is 13.2. The Balaban J connectivity index is 0.876. The molecule has 0 N–H and O–H groups in total. The molecule has 2 aliphatic heterocycles. The number of carbonyl (C=O) groups excluding carboxylic acids is 6. The van der Waals surface area contributed by atoms with E-state index in [0.717, 1.165) is 37.5 Å². The molecule has 0 radical (unpaired) electrons. The molecule has 0 aromatic heterocycles. The highest BCUT2D eigenvalue weighted by Crippen LogP contribution is 2.45. The van der Waals surface area contributed by atoms with Crippen LogP contribution < -0.4 is 9.47 Å². The minimum atomic E-state index is -0.471. The minimum absolute atomic E-state index is 0.0163. The highest BCUT2D eigenvalue weighted by Gasteiger charge is 2.53. The first-order valence-electron chi connectivity index (χ1n) is 18.8. The standard InChI is InChI=1S/C39H50N2O8/c1-22-3-5-23(6-4-22)19-24-7-11-27(12-8-24)41-36(44)31-18-10-26(21-33(31)37(41)45)39(47)49-29-15-13-28(14-16-29)48-38(46)25-9-17-30-32(20-25)35(43)40(2)34(30)42/h13-16,22-27,30-33H,3-12,17-21H2,1-2H3. The van der Waals surface area contributed by atoms with Crippen LogP contribution in [0.3, 0.4) is 0 Å². The molecule has 4 amide bonds. The fourth-order valence-corrected chi connectivity index (χ4v) is 9.99. The Kier molecular flexibility index (Phi) is 9.68. The quantitative estimate of drug-likeness (QED) is 0.205. The predicted octanol–water partition coefficient (Wildman–Crippen LogP) is 5.71. The molecule has 0 bridgehead atoms. The lowest BCUT2D eigenvalue weighted by Gasteiger charge is -2.36. The lowest BCUT2D eigenvalue weighted by molar-refractivity contribution is -0.144. The van der Waals surface area contributed by atoms with Gasteiger partial charge in [-0.25, -0.2) is 0 Å². The molecule has 2 heterocycles. The molecule has 10 heteroatoms. The van der Waals surface area contributed by atoms with Crippen LogP contribution in [0.2, 0.25) is 0 Å². The zero-order valence-electron chi connectivity index (χ0n) is 28.8. The lowest BCUT2D eigenvalue weighted by atomic mass is 9.74. The van der Waals surface area contributed by atoms with E-state index in [2.05, 4.69) is 6.92 Å². The molecule has 6 unspecified atom stereocenters. The summed E-state index contributed by atoms with van der Waals surface area (Å²) < 4.78 is 11.3. The van der Waals surface area contributed by atoms with Crippen LogP contribution in [0.4, 0.5) is 0 Å². The van der Waals surface area contributed by atoms with E-state index in [0.29, 0.717) is 55.9 Å². The number of esters is 2. The average molecular weight is 675 g/mol. The molecule has 1 aromatic rings. The van der Waals surface area contributed by atoms with Gasteiger partial charge in [0.15, 0.2) is 0 Å². The van der Waals surface area contributed by atoms with E-state index >= 15 is 0 Å². The number of nitrogens with zero attached hydrogens (tertiary/aromatic N) is 2. The van der Waals surface area contributed by atoms with Crippen molar-refractivity contribution in [3.8, 4) is 11.5 Å². The van der Waals surface area contributed by atoms with Gasteiger partial charge in [0.1, 0.15) is 11.5 Å². The molecule has 6 aliphatic rings. The summed E-state index contributed by atoms with van der Waals surface area (Å²) in [5, 5.41) is 0. The van der Waals surface area contributed by atoms with Crippen LogP contribution >= 0.6 is 0 Å². The van der Waals surface area contributed by atoms with Crippen molar-refractivity contribution < 1.29 is 38.2 Å². The van der Waals surface area contributed by atoms with Gasteiger partial charge in [-0.3, -0.25) is 38.6 Å². The molecule has 6 fully saturated rings. The monoisotopic (exact) mass is 674 g/mol. The Labute approximate surface area is 288 Å². The molecule has 49 heavy (non-hydrogen) atoms. The van der Waals surface area contributed by atoms with Crippen molar-refractivity contribution in [3.05, 3.63) is 24.3 Å². The van der Waals surface area contributed by atoms with E-state index in [1.165, 1.54) is 44.1 Å². The van der Waals surface area contributed by atoms with Gasteiger partial charge in [0.2, 0.25) is 23.6 Å². The van der Waals surface area contributed by atoms with Crippen LogP contribution in [0.25, 0.3) is 0 Å². The molecule has 6 atom stereocenters. The summed E-state index contributed by atoms with van der Waals surface area (Å²) in [5.41, 5.74) is 0. The molecule has 4 aliphatic carbocycles. The van der Waals surface area contributed by atoms with E-state index in [4.69, 9.17) is 9.47 Å². The first kappa shape index (κ1) is 33.9. The van der Waals surface area contributed by atoms with Gasteiger partial charge in [-0.15, -0.1) is 0 Å². The van der Waals surface area contributed by atoms with Gasteiger partial charge in [-0.2, -0.15) is 0 Å². The topological polar surface area (TPSA) is 127 Å². The third kappa shape index (κ3) is 6.81. The fraction of sp³-hybridized carbons (Fsp3) is 0.692. The van der Waals surface area contributed by atoms with Crippen molar-refractivity contribution in [2.24, 2.45) is 53.3 Å². The highest BCUT2D eigenvalue weighted by atomic mass is 16.5. The van der Waals surface area contributed by atoms with E-state index in [9.17, 15) is 28.8 Å². The van der Waals surface area contributed by atoms with Crippen molar-refractivity contribution in [1.82, 2.24) is 9.80 Å². The molecular weight excluding hydrogens is 624 g/mol. The number of hydrogen-bond acceptors (Lipinski definition) is 8. The van der Waals surface area contributed by atoms with E-state index in [1.807, 2.05) is 0 Å². The smallest absolute Gasteiger partial charge is 0.314 e. The van der Waals surface area contributed by atoms with Gasteiger partial charge in [0, 0.05) is 13.1 Å². The average Bonchev–Trinajstić information content (AvgIpc) is 3.49. The minimum Gasteiger partial charge on any atom is -0.426 e. The largest absolute Gasteiger partial charge is 0.426 e. The molecule has 1 aromatic carbocycles. The van der Waals surface area contributed by atoms with Gasteiger partial charge >= 0.3 is 11.9 Å². The van der Waals surface area contributed by atoms with Crippen molar-refractivity contribution in [2.75, 3.05) is 7.05 Å². The van der Waals surface area contributed by atoms with E-state index in [-0.39, 0.29) is 41.5 Å². The number of likely N-dealkylation sites (tertiary alicyclic amines) is 2. The molecule has 4 saturated carbocycles. The number of benzene rings is 1. The van der Waals surface area contributed by atoms with Crippen LogP contribution in [0, 0.1) is 53.3 Å². The SMILES string of the molecule is CC1CCC(CC2CCC(N3C(=O)C4CCC(C(=O)Oc5ccc(OC(=O)C6CCC7C(=O)N(C)C(=O)C7C6)cc5)CC4C3=O)CC2)CC1. The second-order valence-electron chi connectivity index (χ2n) is 16.1. The van der Waals surface area contributed by atoms with Crippen LogP contribution in [-0.4, -0.2) is 58.5 Å². The predicted molar refractivity (Wildman–Crippen MR) is 177 cm³/mol. The first-order valence-corrected chi connectivity index (χ1v) is 18.8. The van der Waals surface area contributed by atoms with Crippen molar-refractivity contribution in [3.63, 3.8) is 0 Å². The van der Waals surface area contributed by atoms with Gasteiger partial charge in [-0.05, 0) is 113 Å². The Morgan fingerprint density at radius 2 is 1.02 bits per heavy atom. The zero-order valence-corrected chi connectivity index (χ0v) is 28.8. The highest BCUT2D eigenvalue weighted by molar-refractivity contribution is 6.06. The number of ether oxygens (including phenoxy) is 2. The molecule has 0 spiro atoms. The summed E-state index contributed by atoms with van der Waals surface area (Å²) in [4.78, 5) is 80.6. The van der Waals surface area contributed by atoms with Crippen molar-refractivity contribution in [2.45, 2.75) is 109 Å². The number of hydrogen-bond donors (Lipinski definition) is 0. The first-order chi connectivity index (χ1) is 23.6. The summed E-state index contributed by atoms with van der Waals surface area (Å²) in [5.74, 6) is -0.969. The van der Waals surface area contributed by atoms with Crippen LogP contribution in [0.1, 0.15) is 103 Å². The second kappa shape index (κ2) is 14.0. The van der Waals surface area contributed by atoms with Crippen molar-refractivity contribution >= 4 is 35.6 Å². The Bertz CT molecular complexity index is 1470. The van der Waals surface area contributed by atoms with Gasteiger partial charge < -0.3 is 9.47 Å². The number of fused-ring (bicyclic) bond motifs is 2. The molecular formula is C39H50N2O8. The maximum Gasteiger partial charge on any atom is 0.314 e. The van der Waals surface area contributed by atoms with Gasteiger partial charge in [0.05, 0.1) is 35.5 Å². The number of carbonyl (C=O) groups is 6. The lowest BCUT2D eigenvalue weighted by Crippen LogP contribution is -2.43. The molecule has 2 saturated heterocycles. The maximum atomic E-state index is 13.6. The summed E-state index contributed by atoms with van der Waals surface area (Å²) in [6.45, 7) is 2.36. The number of amides is 4. The Morgan fingerprint density at radius 1 is 0.592 bits per heavy atom. The third-order valence-electron chi connectivity index (χ3n) is 13.0. The van der Waals surface area contributed by atoms with Crippen LogP contribution in [0.15, 0.2) is 24.3 Å². The van der Waals surface area contributed by atoms with Gasteiger partial charge in [0.25, 0.3) is 0 Å². The number of rotatable bonds is 7. The fourth-order valence-electron chi connectivity index (χ4n) is 9.99. The summed E-state index contributed by atoms with van der Waals surface area (Å²) >= 11 is 0. The summed E-state index contributed by atoms with van der Waals surface area (Å²) in [6, 6.07) is 6.23. The second-order valence-corrected chi connectivity index (χ2v) is 16.1.